The van der Waals surface area contributed by atoms with Crippen molar-refractivity contribution in [1.29, 1.82) is 0 Å². The van der Waals surface area contributed by atoms with Crippen LogP contribution in [0.4, 0.5) is 0 Å². The van der Waals surface area contributed by atoms with Gasteiger partial charge in [0, 0.05) is 18.0 Å². The highest BCUT2D eigenvalue weighted by atomic mass is 16.1. The largest absolute Gasteiger partial charge is 0.369 e. The number of amides is 1. The first-order valence-corrected chi connectivity index (χ1v) is 6.49. The quantitative estimate of drug-likeness (QED) is 0.776. The minimum Gasteiger partial charge on any atom is -0.369 e. The maximum absolute atomic E-state index is 11.0. The zero-order valence-corrected chi connectivity index (χ0v) is 11.6. The predicted octanol–water partition coefficient (Wildman–Crippen LogP) is 2.11. The van der Waals surface area contributed by atoms with Crippen molar-refractivity contribution in [2.45, 2.75) is 39.2 Å². The molecule has 0 aliphatic carbocycles. The van der Waals surface area contributed by atoms with Gasteiger partial charge in [0.2, 0.25) is 5.91 Å². The van der Waals surface area contributed by atoms with Crippen molar-refractivity contribution in [3.63, 3.8) is 0 Å². The third-order valence-corrected chi connectivity index (χ3v) is 3.25. The van der Waals surface area contributed by atoms with E-state index < -0.39 is 0 Å². The molecule has 0 saturated heterocycles. The van der Waals surface area contributed by atoms with Gasteiger partial charge in [-0.05, 0) is 32.3 Å². The summed E-state index contributed by atoms with van der Waals surface area (Å²) in [6, 6.07) is 10.4. The van der Waals surface area contributed by atoms with Crippen LogP contribution in [0.2, 0.25) is 0 Å². The maximum Gasteiger partial charge on any atom is 0.221 e. The molecule has 1 rings (SSSR count). The van der Waals surface area contributed by atoms with Crippen molar-refractivity contribution in [3.05, 3.63) is 35.9 Å². The normalized spacial score (nSPS) is 13.3. The van der Waals surface area contributed by atoms with Crippen molar-refractivity contribution >= 4 is 5.91 Å². The van der Waals surface area contributed by atoms with E-state index in [-0.39, 0.29) is 17.4 Å². The van der Waals surface area contributed by atoms with Gasteiger partial charge in [-0.2, -0.15) is 0 Å². The van der Waals surface area contributed by atoms with Gasteiger partial charge in [0.05, 0.1) is 0 Å². The van der Waals surface area contributed by atoms with Crippen molar-refractivity contribution in [2.24, 2.45) is 11.7 Å². The van der Waals surface area contributed by atoms with Gasteiger partial charge in [0.1, 0.15) is 0 Å². The fourth-order valence-electron chi connectivity index (χ4n) is 1.72. The Morgan fingerprint density at radius 1 is 1.33 bits per heavy atom. The molecule has 0 aromatic heterocycles. The van der Waals surface area contributed by atoms with E-state index >= 15 is 0 Å². The van der Waals surface area contributed by atoms with Gasteiger partial charge in [0.25, 0.3) is 0 Å². The van der Waals surface area contributed by atoms with Crippen LogP contribution in [-0.4, -0.2) is 18.0 Å². The number of nitrogens with two attached hydrogens (primary N) is 1. The van der Waals surface area contributed by atoms with Crippen molar-refractivity contribution in [2.75, 3.05) is 6.54 Å². The van der Waals surface area contributed by atoms with E-state index in [1.165, 1.54) is 5.56 Å². The highest BCUT2D eigenvalue weighted by Crippen LogP contribution is 2.13. The van der Waals surface area contributed by atoms with Crippen LogP contribution in [0.5, 0.6) is 0 Å². The van der Waals surface area contributed by atoms with Gasteiger partial charge in [-0.1, -0.05) is 37.3 Å². The summed E-state index contributed by atoms with van der Waals surface area (Å²) in [4.78, 5) is 11.0. The third-order valence-electron chi connectivity index (χ3n) is 3.25. The molecule has 1 aromatic carbocycles. The summed E-state index contributed by atoms with van der Waals surface area (Å²) >= 11 is 0. The first-order valence-electron chi connectivity index (χ1n) is 6.49. The van der Waals surface area contributed by atoms with Crippen LogP contribution in [0.25, 0.3) is 0 Å². The van der Waals surface area contributed by atoms with Gasteiger partial charge < -0.3 is 11.1 Å². The molecule has 1 aromatic rings. The van der Waals surface area contributed by atoms with Gasteiger partial charge in [-0.15, -0.1) is 0 Å². The molecule has 0 spiro atoms. The van der Waals surface area contributed by atoms with Gasteiger partial charge in [0.15, 0.2) is 0 Å². The number of primary amides is 1. The Hall–Kier alpha value is -1.35. The van der Waals surface area contributed by atoms with E-state index in [1.807, 2.05) is 13.0 Å². The lowest BCUT2D eigenvalue weighted by atomic mass is 9.94. The molecule has 0 fully saturated rings. The van der Waals surface area contributed by atoms with E-state index in [1.54, 1.807) is 0 Å². The molecule has 1 amide bonds. The van der Waals surface area contributed by atoms with Crippen LogP contribution in [0.3, 0.4) is 0 Å². The summed E-state index contributed by atoms with van der Waals surface area (Å²) < 4.78 is 0. The Labute approximate surface area is 110 Å². The zero-order chi connectivity index (χ0) is 13.6. The SMILES string of the molecule is CC(CNC(C)(C)CCc1ccccc1)C(N)=O. The Bertz CT molecular complexity index is 373. The molecule has 100 valence electrons. The Kier molecular flexibility index (Phi) is 5.35. The number of hydrogen-bond acceptors (Lipinski definition) is 2. The second-order valence-electron chi connectivity index (χ2n) is 5.55. The van der Waals surface area contributed by atoms with Crippen LogP contribution in [-0.2, 0) is 11.2 Å². The van der Waals surface area contributed by atoms with Gasteiger partial charge in [-0.25, -0.2) is 0 Å². The average molecular weight is 248 g/mol. The van der Waals surface area contributed by atoms with E-state index in [4.69, 9.17) is 5.73 Å². The second-order valence-corrected chi connectivity index (χ2v) is 5.55. The molecule has 1 unspecified atom stereocenters. The molecule has 3 heteroatoms. The summed E-state index contributed by atoms with van der Waals surface area (Å²) in [5, 5.41) is 3.41. The molecule has 0 bridgehead atoms. The van der Waals surface area contributed by atoms with E-state index in [0.29, 0.717) is 6.54 Å². The first kappa shape index (κ1) is 14.7. The number of carbonyl (C=O) groups is 1. The van der Waals surface area contributed by atoms with Crippen LogP contribution < -0.4 is 11.1 Å². The standard InChI is InChI=1S/C15H24N2O/c1-12(14(16)18)11-17-15(2,3)10-9-13-7-5-4-6-8-13/h4-8,12,17H,9-11H2,1-3H3,(H2,16,18). The second kappa shape index (κ2) is 6.55. The molecular weight excluding hydrogens is 224 g/mol. The summed E-state index contributed by atoms with van der Waals surface area (Å²) in [6.07, 6.45) is 2.06. The third kappa shape index (κ3) is 5.32. The molecule has 3 N–H and O–H groups in total. The summed E-state index contributed by atoms with van der Waals surface area (Å²) in [7, 11) is 0. The number of carbonyl (C=O) groups excluding carboxylic acids is 1. The summed E-state index contributed by atoms with van der Waals surface area (Å²) in [6.45, 7) is 6.80. The van der Waals surface area contributed by atoms with Crippen LogP contribution in [0.1, 0.15) is 32.8 Å². The van der Waals surface area contributed by atoms with Crippen LogP contribution in [0.15, 0.2) is 30.3 Å². The number of nitrogens with one attached hydrogen (secondary N) is 1. The predicted molar refractivity (Wildman–Crippen MR) is 75.2 cm³/mol. The molecule has 1 atom stereocenters. The number of rotatable bonds is 7. The molecule has 3 nitrogen and oxygen atoms in total. The number of hydrogen-bond donors (Lipinski definition) is 2. The molecule has 0 aliphatic rings. The lowest BCUT2D eigenvalue weighted by molar-refractivity contribution is -0.121. The molecule has 18 heavy (non-hydrogen) atoms. The van der Waals surface area contributed by atoms with Gasteiger partial charge in [-0.3, -0.25) is 4.79 Å². The highest BCUT2D eigenvalue weighted by Gasteiger charge is 2.19. The van der Waals surface area contributed by atoms with Crippen LogP contribution in [0, 0.1) is 5.92 Å². The summed E-state index contributed by atoms with van der Waals surface area (Å²) in [5.74, 6) is -0.373. The van der Waals surface area contributed by atoms with Crippen molar-refractivity contribution in [1.82, 2.24) is 5.32 Å². The van der Waals surface area contributed by atoms with Gasteiger partial charge >= 0.3 is 0 Å². The van der Waals surface area contributed by atoms with E-state index in [2.05, 4.69) is 43.4 Å². The fraction of sp³-hybridized carbons (Fsp3) is 0.533. The van der Waals surface area contributed by atoms with E-state index in [9.17, 15) is 4.79 Å². The minimum absolute atomic E-state index is 0.0134. The number of aryl methyl sites for hydroxylation is 1. The molecule has 0 heterocycles. The fourth-order valence-corrected chi connectivity index (χ4v) is 1.72. The Morgan fingerprint density at radius 2 is 1.94 bits per heavy atom. The van der Waals surface area contributed by atoms with Crippen molar-refractivity contribution < 1.29 is 4.79 Å². The Morgan fingerprint density at radius 3 is 2.50 bits per heavy atom. The van der Waals surface area contributed by atoms with E-state index in [0.717, 1.165) is 12.8 Å². The topological polar surface area (TPSA) is 55.1 Å². The lowest BCUT2D eigenvalue weighted by Crippen LogP contribution is -2.44. The first-order chi connectivity index (χ1) is 8.41. The maximum atomic E-state index is 11.0. The monoisotopic (exact) mass is 248 g/mol. The average Bonchev–Trinajstić information content (AvgIpc) is 2.35. The Balaban J connectivity index is 2.38. The summed E-state index contributed by atoms with van der Waals surface area (Å²) in [5.41, 5.74) is 6.61. The highest BCUT2D eigenvalue weighted by molar-refractivity contribution is 5.76. The number of benzene rings is 1. The molecule has 0 aliphatic heterocycles. The zero-order valence-electron chi connectivity index (χ0n) is 11.6. The molecule has 0 radical (unpaired) electrons. The van der Waals surface area contributed by atoms with Crippen LogP contribution >= 0.6 is 0 Å². The minimum atomic E-state index is -0.249. The molecule has 0 saturated carbocycles. The lowest BCUT2D eigenvalue weighted by Gasteiger charge is -2.27. The molecular formula is C15H24N2O. The van der Waals surface area contributed by atoms with Crippen molar-refractivity contribution in [3.8, 4) is 0 Å². The smallest absolute Gasteiger partial charge is 0.221 e.